The summed E-state index contributed by atoms with van der Waals surface area (Å²) in [6.45, 7) is -4.58. The molecule has 0 bridgehead atoms. The molecule has 182 valence electrons. The minimum absolute atomic E-state index is 0.0234. The van der Waals surface area contributed by atoms with Crippen molar-refractivity contribution in [1.82, 2.24) is 19.5 Å². The molecule has 0 saturated carbocycles. The van der Waals surface area contributed by atoms with E-state index in [1.807, 2.05) is 0 Å². The average Bonchev–Trinajstić information content (AvgIpc) is 3.32. The molecule has 0 radical (unpaired) electrons. The predicted molar refractivity (Wildman–Crippen MR) is 114 cm³/mol. The molecular formula is C18H17F3N5O6PS. The number of benzene rings is 1. The quantitative estimate of drug-likeness (QED) is 0.426. The number of hydrogen-bond donors (Lipinski definition) is 3. The van der Waals surface area contributed by atoms with Crippen LogP contribution in [0.5, 0.6) is 5.75 Å². The van der Waals surface area contributed by atoms with Gasteiger partial charge in [-0.2, -0.15) is 4.98 Å². The third-order valence-corrected chi connectivity index (χ3v) is 7.69. The molecule has 2 aromatic heterocycles. The first kappa shape index (κ1) is 23.2. The summed E-state index contributed by atoms with van der Waals surface area (Å²) in [7, 11) is 0. The van der Waals surface area contributed by atoms with E-state index in [4.69, 9.17) is 35.8 Å². The van der Waals surface area contributed by atoms with Crippen molar-refractivity contribution in [2.24, 2.45) is 0 Å². The molecule has 11 nitrogen and oxygen atoms in total. The lowest BCUT2D eigenvalue weighted by Gasteiger charge is -2.34. The molecule has 2 aliphatic rings. The van der Waals surface area contributed by atoms with Gasteiger partial charge >= 0.3 is 6.72 Å². The maximum absolute atomic E-state index is 15.2. The van der Waals surface area contributed by atoms with E-state index in [0.717, 1.165) is 10.9 Å². The van der Waals surface area contributed by atoms with Gasteiger partial charge in [0.15, 0.2) is 29.2 Å². The van der Waals surface area contributed by atoms with Crippen LogP contribution in [0.1, 0.15) is 11.8 Å². The molecule has 16 heteroatoms. The van der Waals surface area contributed by atoms with Crippen molar-refractivity contribution < 1.29 is 36.6 Å². The van der Waals surface area contributed by atoms with E-state index in [2.05, 4.69) is 15.0 Å². The summed E-state index contributed by atoms with van der Waals surface area (Å²) in [6, 6.07) is 6.80. The van der Waals surface area contributed by atoms with Gasteiger partial charge in [-0.05, 0) is 6.07 Å². The summed E-state index contributed by atoms with van der Waals surface area (Å²) in [6.07, 6.45) is -8.95. The molecule has 5 rings (SSSR count). The first-order chi connectivity index (χ1) is 16.1. The predicted octanol–water partition coefficient (Wildman–Crippen LogP) is 1.78. The first-order valence-corrected chi connectivity index (χ1v) is 12.4. The van der Waals surface area contributed by atoms with Gasteiger partial charge in [0.25, 0.3) is 12.0 Å². The number of fused-ring (bicyclic) bond motifs is 2. The van der Waals surface area contributed by atoms with E-state index in [1.54, 1.807) is 24.3 Å². The van der Waals surface area contributed by atoms with E-state index in [-0.39, 0.29) is 23.7 Å². The number of para-hydroxylation sites is 1. The van der Waals surface area contributed by atoms with Crippen LogP contribution in [-0.4, -0.2) is 55.5 Å². The highest BCUT2D eigenvalue weighted by molar-refractivity contribution is 8.07. The highest BCUT2D eigenvalue weighted by Crippen LogP contribution is 2.56. The number of ether oxygens (including phenoxy) is 1. The summed E-state index contributed by atoms with van der Waals surface area (Å²) in [5, 5.41) is 10.5. The second-order valence-electron chi connectivity index (χ2n) is 7.62. The number of halogens is 3. The topological polar surface area (TPSA) is 147 Å². The van der Waals surface area contributed by atoms with Crippen LogP contribution < -0.4 is 15.8 Å². The molecule has 1 unspecified atom stereocenters. The number of hydrogen-bond acceptors (Lipinski definition) is 10. The zero-order valence-electron chi connectivity index (χ0n) is 17.0. The third kappa shape index (κ3) is 3.68. The Morgan fingerprint density at radius 3 is 2.97 bits per heavy atom. The second kappa shape index (κ2) is 8.29. The van der Waals surface area contributed by atoms with Crippen molar-refractivity contribution in [3.8, 4) is 5.75 Å². The SMILES string of the molecule is Nc1nc2c(ncn2[C@@H]2O[C@@](COP3(=S)OCc4ccccc4O3)(C(F)F)[C@@H](O)[C@H]2F)c(=O)[nH]1. The molecule has 5 atom stereocenters. The minimum atomic E-state index is -3.57. The van der Waals surface area contributed by atoms with Crippen molar-refractivity contribution in [2.75, 3.05) is 12.3 Å². The average molecular weight is 519 g/mol. The zero-order valence-corrected chi connectivity index (χ0v) is 18.7. The molecule has 0 spiro atoms. The van der Waals surface area contributed by atoms with Crippen molar-refractivity contribution in [3.63, 3.8) is 0 Å². The molecule has 34 heavy (non-hydrogen) atoms. The Morgan fingerprint density at radius 1 is 1.44 bits per heavy atom. The van der Waals surface area contributed by atoms with Gasteiger partial charge in [-0.25, -0.2) is 18.2 Å². The molecule has 4 heterocycles. The van der Waals surface area contributed by atoms with Gasteiger partial charge in [-0.3, -0.25) is 23.4 Å². The fourth-order valence-electron chi connectivity index (χ4n) is 3.74. The van der Waals surface area contributed by atoms with E-state index in [1.165, 1.54) is 0 Å². The molecule has 0 aliphatic carbocycles. The number of aliphatic hydroxyl groups is 1. The van der Waals surface area contributed by atoms with Crippen molar-refractivity contribution in [2.45, 2.75) is 37.1 Å². The molecule has 1 saturated heterocycles. The van der Waals surface area contributed by atoms with Crippen LogP contribution >= 0.6 is 6.72 Å². The van der Waals surface area contributed by atoms with Crippen LogP contribution in [0.2, 0.25) is 0 Å². The Labute approximate surface area is 193 Å². The number of imidazole rings is 1. The van der Waals surface area contributed by atoms with Crippen LogP contribution in [0.15, 0.2) is 35.4 Å². The van der Waals surface area contributed by atoms with Gasteiger partial charge in [0.2, 0.25) is 5.95 Å². The Balaban J connectivity index is 1.43. The van der Waals surface area contributed by atoms with Crippen molar-refractivity contribution >= 4 is 35.6 Å². The molecule has 4 N–H and O–H groups in total. The summed E-state index contributed by atoms with van der Waals surface area (Å²) in [5.74, 6) is 0.0671. The van der Waals surface area contributed by atoms with Crippen LogP contribution in [0.3, 0.4) is 0 Å². The van der Waals surface area contributed by atoms with Crippen molar-refractivity contribution in [3.05, 3.63) is 46.5 Å². The number of aromatic nitrogens is 4. The van der Waals surface area contributed by atoms with Gasteiger partial charge in [-0.15, -0.1) is 0 Å². The largest absolute Gasteiger partial charge is 0.424 e. The number of aliphatic hydroxyl groups excluding tert-OH is 1. The molecule has 1 fully saturated rings. The van der Waals surface area contributed by atoms with E-state index >= 15 is 4.39 Å². The Morgan fingerprint density at radius 2 is 2.21 bits per heavy atom. The van der Waals surface area contributed by atoms with E-state index < -0.39 is 49.4 Å². The summed E-state index contributed by atoms with van der Waals surface area (Å²) >= 11 is 5.26. The van der Waals surface area contributed by atoms with Gasteiger partial charge in [0.05, 0.1) is 19.5 Å². The number of anilines is 1. The number of H-pyrrole nitrogens is 1. The molecule has 1 aromatic carbocycles. The lowest BCUT2D eigenvalue weighted by molar-refractivity contribution is -0.192. The number of aromatic amines is 1. The fourth-order valence-corrected chi connectivity index (χ4v) is 5.55. The van der Waals surface area contributed by atoms with Crippen LogP contribution in [0.4, 0.5) is 19.1 Å². The maximum Gasteiger partial charge on any atom is 0.381 e. The lowest BCUT2D eigenvalue weighted by atomic mass is 9.97. The van der Waals surface area contributed by atoms with Gasteiger partial charge in [-0.1, -0.05) is 18.2 Å². The number of nitrogens with two attached hydrogens (primary N) is 1. The van der Waals surface area contributed by atoms with E-state index in [9.17, 15) is 18.7 Å². The zero-order chi connectivity index (χ0) is 24.3. The number of nitrogen functional groups attached to an aromatic ring is 1. The second-order valence-corrected chi connectivity index (χ2v) is 10.6. The minimum Gasteiger partial charge on any atom is -0.424 e. The number of nitrogens with one attached hydrogen (secondary N) is 1. The van der Waals surface area contributed by atoms with E-state index in [0.29, 0.717) is 11.3 Å². The third-order valence-electron chi connectivity index (χ3n) is 5.52. The van der Waals surface area contributed by atoms with Gasteiger partial charge < -0.3 is 20.1 Å². The first-order valence-electron chi connectivity index (χ1n) is 9.80. The Hall–Kier alpha value is -2.55. The van der Waals surface area contributed by atoms with Crippen LogP contribution in [0, 0.1) is 0 Å². The molecule has 3 aromatic rings. The number of rotatable bonds is 5. The maximum atomic E-state index is 15.2. The monoisotopic (exact) mass is 519 g/mol. The summed E-state index contributed by atoms with van der Waals surface area (Å²) < 4.78 is 66.4. The standard InChI is InChI=1S/C18H17F3N5O6PS/c19-10-12(27)18(16(20)21,6-30-33(34)29-5-8-3-1-2-4-9(8)32-33)31-15(10)26-7-23-11-13(26)24-17(22)25-14(11)28/h1-4,7,10,12,15-16,27H,5-6H2,(H3,22,24,25,28)/t10-,12+,15-,18-,33?/m1/s1. The fraction of sp³-hybridized carbons (Fsp3) is 0.389. The molecule has 2 aliphatic heterocycles. The lowest BCUT2D eigenvalue weighted by Crippen LogP contribution is -2.52. The Kier molecular flexibility index (Phi) is 5.66. The van der Waals surface area contributed by atoms with Crippen LogP contribution in [0.25, 0.3) is 11.2 Å². The normalized spacial score (nSPS) is 31.0. The number of alkyl halides is 3. The smallest absolute Gasteiger partial charge is 0.381 e. The Bertz CT molecular complexity index is 1360. The highest BCUT2D eigenvalue weighted by atomic mass is 32.5. The van der Waals surface area contributed by atoms with Crippen LogP contribution in [-0.2, 0) is 32.2 Å². The summed E-state index contributed by atoms with van der Waals surface area (Å²) in [5.41, 5.74) is 2.23. The molecular weight excluding hydrogens is 502 g/mol. The van der Waals surface area contributed by atoms with Gasteiger partial charge in [0.1, 0.15) is 11.9 Å². The number of nitrogens with zero attached hydrogens (tertiary/aromatic N) is 3. The van der Waals surface area contributed by atoms with Gasteiger partial charge in [0, 0.05) is 17.4 Å². The van der Waals surface area contributed by atoms with Crippen molar-refractivity contribution in [1.29, 1.82) is 0 Å². The molecule has 0 amide bonds. The summed E-state index contributed by atoms with van der Waals surface area (Å²) in [4.78, 5) is 21.9. The highest BCUT2D eigenvalue weighted by Gasteiger charge is 2.62.